The highest BCUT2D eigenvalue weighted by Gasteiger charge is 2.11. The lowest BCUT2D eigenvalue weighted by molar-refractivity contribution is 1.13. The third kappa shape index (κ3) is 3.57. The molecule has 0 atom stereocenters. The van der Waals surface area contributed by atoms with Crippen LogP contribution in [-0.2, 0) is 0 Å². The van der Waals surface area contributed by atoms with Crippen LogP contribution in [0.2, 0.25) is 0 Å². The van der Waals surface area contributed by atoms with Crippen LogP contribution < -0.4 is 4.90 Å². The molecule has 2 nitrogen and oxygen atoms in total. The summed E-state index contributed by atoms with van der Waals surface area (Å²) in [6.07, 6.45) is 8.53. The standard InChI is InChI=1S/C21H22N2S/c1-4-22-19-9-5-16(6-10-19)21(18-13-14-24-15-18)17-7-11-20(12-8-17)23(2)3/h5-15H,4H2,1-3H3. The van der Waals surface area contributed by atoms with E-state index >= 15 is 0 Å². The molecule has 0 unspecified atom stereocenters. The second kappa shape index (κ2) is 7.45. The average Bonchev–Trinajstić information content (AvgIpc) is 3.11. The van der Waals surface area contributed by atoms with Gasteiger partial charge < -0.3 is 4.90 Å². The van der Waals surface area contributed by atoms with Gasteiger partial charge in [0.25, 0.3) is 0 Å². The van der Waals surface area contributed by atoms with Gasteiger partial charge in [-0.2, -0.15) is 11.3 Å². The molecule has 0 saturated carbocycles. The van der Waals surface area contributed by atoms with E-state index in [1.165, 1.54) is 28.0 Å². The summed E-state index contributed by atoms with van der Waals surface area (Å²) in [4.78, 5) is 6.58. The number of allylic oxidation sites excluding steroid dienone is 5. The zero-order valence-electron chi connectivity index (χ0n) is 14.4. The van der Waals surface area contributed by atoms with Gasteiger partial charge in [-0.25, -0.2) is 0 Å². The fourth-order valence-electron chi connectivity index (χ4n) is 2.75. The lowest BCUT2D eigenvalue weighted by atomic mass is 9.92. The zero-order chi connectivity index (χ0) is 16.9. The molecule has 0 N–H and O–H groups in total. The summed E-state index contributed by atoms with van der Waals surface area (Å²) in [5.41, 5.74) is 7.23. The van der Waals surface area contributed by atoms with Crippen molar-refractivity contribution in [2.75, 3.05) is 25.5 Å². The van der Waals surface area contributed by atoms with Crippen molar-refractivity contribution >= 4 is 28.3 Å². The molecule has 0 radical (unpaired) electrons. The number of benzene rings is 1. The monoisotopic (exact) mass is 334 g/mol. The third-order valence-electron chi connectivity index (χ3n) is 3.98. The number of aliphatic imine (C=N–C) groups is 1. The summed E-state index contributed by atoms with van der Waals surface area (Å²) in [5, 5.41) is 4.34. The van der Waals surface area contributed by atoms with Crippen LogP contribution >= 0.6 is 11.3 Å². The molecule has 0 fully saturated rings. The molecule has 3 rings (SSSR count). The highest BCUT2D eigenvalue weighted by molar-refractivity contribution is 7.08. The first-order valence-corrected chi connectivity index (χ1v) is 9.08. The van der Waals surface area contributed by atoms with E-state index in [1.54, 1.807) is 11.3 Å². The summed E-state index contributed by atoms with van der Waals surface area (Å²) in [5.74, 6) is 0. The molecule has 0 bridgehead atoms. The first kappa shape index (κ1) is 16.5. The fourth-order valence-corrected chi connectivity index (χ4v) is 3.40. The smallest absolute Gasteiger partial charge is 0.0574 e. The number of rotatable bonds is 4. The van der Waals surface area contributed by atoms with E-state index in [-0.39, 0.29) is 0 Å². The molecule has 122 valence electrons. The highest BCUT2D eigenvalue weighted by Crippen LogP contribution is 2.31. The molecule has 1 heterocycles. The Morgan fingerprint density at radius 3 is 2.21 bits per heavy atom. The highest BCUT2D eigenvalue weighted by atomic mass is 32.1. The number of hydrogen-bond acceptors (Lipinski definition) is 3. The molecule has 24 heavy (non-hydrogen) atoms. The minimum Gasteiger partial charge on any atom is -0.378 e. The molecule has 1 aliphatic carbocycles. The quantitative estimate of drug-likeness (QED) is 0.750. The molecule has 0 saturated heterocycles. The Kier molecular flexibility index (Phi) is 5.11. The maximum absolute atomic E-state index is 4.46. The predicted molar refractivity (Wildman–Crippen MR) is 107 cm³/mol. The van der Waals surface area contributed by atoms with Crippen LogP contribution in [0, 0.1) is 0 Å². The summed E-state index contributed by atoms with van der Waals surface area (Å²) in [7, 11) is 4.13. The lowest BCUT2D eigenvalue weighted by Gasteiger charge is -2.15. The molecular weight excluding hydrogens is 312 g/mol. The summed E-state index contributed by atoms with van der Waals surface area (Å²) in [6.45, 7) is 2.87. The van der Waals surface area contributed by atoms with Gasteiger partial charge in [0.05, 0.1) is 5.71 Å². The minimum absolute atomic E-state index is 0.812. The molecule has 0 spiro atoms. The average molecular weight is 334 g/mol. The van der Waals surface area contributed by atoms with Gasteiger partial charge in [-0.05, 0) is 70.3 Å². The molecule has 2 aromatic rings. The van der Waals surface area contributed by atoms with Crippen LogP contribution in [0.15, 0.2) is 76.0 Å². The molecule has 0 aliphatic heterocycles. The van der Waals surface area contributed by atoms with E-state index in [1.807, 2.05) is 0 Å². The van der Waals surface area contributed by atoms with E-state index in [0.717, 1.165) is 12.3 Å². The van der Waals surface area contributed by atoms with E-state index in [0.29, 0.717) is 0 Å². The van der Waals surface area contributed by atoms with Crippen molar-refractivity contribution in [3.05, 3.63) is 82.1 Å². The summed E-state index contributed by atoms with van der Waals surface area (Å²) >= 11 is 1.73. The van der Waals surface area contributed by atoms with Gasteiger partial charge in [0.15, 0.2) is 0 Å². The van der Waals surface area contributed by atoms with E-state index in [2.05, 4.69) is 96.3 Å². The Bertz CT molecular complexity index is 786. The van der Waals surface area contributed by atoms with Crippen LogP contribution in [0.5, 0.6) is 0 Å². The van der Waals surface area contributed by atoms with Crippen molar-refractivity contribution in [3.63, 3.8) is 0 Å². The van der Waals surface area contributed by atoms with Gasteiger partial charge in [0.1, 0.15) is 0 Å². The van der Waals surface area contributed by atoms with Crippen molar-refractivity contribution < 1.29 is 0 Å². The number of hydrogen-bond donors (Lipinski definition) is 0. The molecular formula is C21H22N2S. The Labute approximate surface area is 148 Å². The Morgan fingerprint density at radius 2 is 1.67 bits per heavy atom. The van der Waals surface area contributed by atoms with Crippen LogP contribution in [-0.4, -0.2) is 26.4 Å². The number of nitrogens with zero attached hydrogens (tertiary/aromatic N) is 2. The van der Waals surface area contributed by atoms with Crippen molar-refractivity contribution in [3.8, 4) is 0 Å². The maximum atomic E-state index is 4.46. The van der Waals surface area contributed by atoms with Gasteiger partial charge in [-0.1, -0.05) is 24.3 Å². The van der Waals surface area contributed by atoms with Crippen LogP contribution in [0.3, 0.4) is 0 Å². The summed E-state index contributed by atoms with van der Waals surface area (Å²) < 4.78 is 0. The van der Waals surface area contributed by atoms with Crippen molar-refractivity contribution in [1.29, 1.82) is 0 Å². The maximum Gasteiger partial charge on any atom is 0.0574 e. The first-order valence-electron chi connectivity index (χ1n) is 8.14. The Hall–Kier alpha value is -2.39. The largest absolute Gasteiger partial charge is 0.378 e. The van der Waals surface area contributed by atoms with Gasteiger partial charge in [0.2, 0.25) is 0 Å². The van der Waals surface area contributed by atoms with Gasteiger partial charge in [-0.3, -0.25) is 4.99 Å². The van der Waals surface area contributed by atoms with Gasteiger partial charge >= 0.3 is 0 Å². The SMILES string of the molecule is CCN=C1C=CC(=C(c2ccc(N(C)C)cc2)c2ccsc2)C=C1. The second-order valence-electron chi connectivity index (χ2n) is 5.85. The first-order chi connectivity index (χ1) is 11.7. The van der Waals surface area contributed by atoms with Crippen molar-refractivity contribution in [2.45, 2.75) is 6.92 Å². The minimum atomic E-state index is 0.812. The van der Waals surface area contributed by atoms with E-state index in [4.69, 9.17) is 0 Å². The van der Waals surface area contributed by atoms with E-state index < -0.39 is 0 Å². The molecule has 1 aliphatic rings. The fraction of sp³-hybridized carbons (Fsp3) is 0.190. The van der Waals surface area contributed by atoms with Crippen molar-refractivity contribution in [1.82, 2.24) is 0 Å². The number of anilines is 1. The Balaban J connectivity index is 2.06. The number of thiophene rings is 1. The second-order valence-corrected chi connectivity index (χ2v) is 6.63. The van der Waals surface area contributed by atoms with Crippen LogP contribution in [0.25, 0.3) is 5.57 Å². The van der Waals surface area contributed by atoms with Crippen LogP contribution in [0.4, 0.5) is 5.69 Å². The predicted octanol–water partition coefficient (Wildman–Crippen LogP) is 5.20. The topological polar surface area (TPSA) is 15.6 Å². The Morgan fingerprint density at radius 1 is 0.958 bits per heavy atom. The molecule has 3 heteroatoms. The van der Waals surface area contributed by atoms with E-state index in [9.17, 15) is 0 Å². The molecule has 1 aromatic heterocycles. The van der Waals surface area contributed by atoms with Crippen molar-refractivity contribution in [2.24, 2.45) is 4.99 Å². The van der Waals surface area contributed by atoms with Gasteiger partial charge in [-0.15, -0.1) is 0 Å². The van der Waals surface area contributed by atoms with Gasteiger partial charge in [0, 0.05) is 26.3 Å². The normalized spacial score (nSPS) is 13.3. The lowest BCUT2D eigenvalue weighted by Crippen LogP contribution is -2.08. The summed E-state index contributed by atoms with van der Waals surface area (Å²) in [6, 6.07) is 10.9. The third-order valence-corrected chi connectivity index (χ3v) is 4.66. The van der Waals surface area contributed by atoms with Crippen LogP contribution in [0.1, 0.15) is 18.1 Å². The molecule has 0 amide bonds. The molecule has 1 aromatic carbocycles. The zero-order valence-corrected chi connectivity index (χ0v) is 15.2.